The quantitative estimate of drug-likeness (QED) is 0.618. The molecule has 0 saturated carbocycles. The van der Waals surface area contributed by atoms with Crippen LogP contribution in [0.2, 0.25) is 0 Å². The first kappa shape index (κ1) is 21.9. The van der Waals surface area contributed by atoms with Crippen molar-refractivity contribution in [1.29, 1.82) is 0 Å². The summed E-state index contributed by atoms with van der Waals surface area (Å²) in [7, 11) is 1.49. The highest BCUT2D eigenvalue weighted by Crippen LogP contribution is 2.32. The summed E-state index contributed by atoms with van der Waals surface area (Å²) in [4.78, 5) is 25.1. The zero-order valence-electron chi connectivity index (χ0n) is 15.2. The Morgan fingerprint density at radius 2 is 2.04 bits per heavy atom. The molecule has 0 aliphatic carbocycles. The van der Waals surface area contributed by atoms with Crippen molar-refractivity contribution in [3.63, 3.8) is 0 Å². The molecule has 3 N–H and O–H groups in total. The summed E-state index contributed by atoms with van der Waals surface area (Å²) < 4.78 is 57.6. The molecule has 0 spiro atoms. The van der Waals surface area contributed by atoms with E-state index in [1.54, 1.807) is 4.90 Å². The van der Waals surface area contributed by atoms with E-state index in [1.807, 2.05) is 0 Å². The number of carbonyl (C=O) groups excluding carboxylic acids is 2. The Kier molecular flexibility index (Phi) is 7.58. The molecule has 28 heavy (non-hydrogen) atoms. The fourth-order valence-electron chi connectivity index (χ4n) is 2.76. The van der Waals surface area contributed by atoms with Crippen molar-refractivity contribution < 1.29 is 31.9 Å². The van der Waals surface area contributed by atoms with Crippen LogP contribution in [0.3, 0.4) is 0 Å². The lowest BCUT2D eigenvalue weighted by Crippen LogP contribution is -2.50. The molecular formula is C17H22F4N4O3. The molecule has 1 aromatic carbocycles. The van der Waals surface area contributed by atoms with Crippen molar-refractivity contribution in [3.05, 3.63) is 35.1 Å². The van der Waals surface area contributed by atoms with Gasteiger partial charge in [-0.05, 0) is 17.7 Å². The molecule has 2 rings (SSSR count). The van der Waals surface area contributed by atoms with E-state index in [2.05, 4.69) is 16.0 Å². The molecule has 0 radical (unpaired) electrons. The zero-order chi connectivity index (χ0) is 20.7. The average Bonchev–Trinajstić information content (AvgIpc) is 2.64. The minimum Gasteiger partial charge on any atom is -0.374 e. The molecule has 1 aliphatic rings. The van der Waals surface area contributed by atoms with Crippen LogP contribution in [-0.4, -0.2) is 62.8 Å². The summed E-state index contributed by atoms with van der Waals surface area (Å²) in [5.41, 5.74) is -1.32. The minimum absolute atomic E-state index is 0.0254. The van der Waals surface area contributed by atoms with E-state index < -0.39 is 23.5 Å². The molecule has 1 aromatic rings. The molecule has 7 nitrogen and oxygen atoms in total. The molecular weight excluding hydrogens is 384 g/mol. The number of ether oxygens (including phenoxy) is 1. The van der Waals surface area contributed by atoms with Gasteiger partial charge in [0.05, 0.1) is 24.8 Å². The fraction of sp³-hybridized carbons (Fsp3) is 0.529. The molecule has 3 amide bonds. The van der Waals surface area contributed by atoms with E-state index in [0.717, 1.165) is 12.1 Å². The van der Waals surface area contributed by atoms with Gasteiger partial charge >= 0.3 is 12.2 Å². The van der Waals surface area contributed by atoms with Gasteiger partial charge in [0.25, 0.3) is 0 Å². The third kappa shape index (κ3) is 6.64. The van der Waals surface area contributed by atoms with Gasteiger partial charge in [0, 0.05) is 33.2 Å². The molecule has 1 saturated heterocycles. The number of urea groups is 1. The average molecular weight is 406 g/mol. The van der Waals surface area contributed by atoms with Crippen molar-refractivity contribution in [2.45, 2.75) is 18.8 Å². The largest absolute Gasteiger partial charge is 0.416 e. The van der Waals surface area contributed by atoms with Crippen molar-refractivity contribution in [2.24, 2.45) is 0 Å². The fourth-order valence-corrected chi connectivity index (χ4v) is 2.76. The number of hydrogen-bond acceptors (Lipinski definition) is 4. The molecule has 1 unspecified atom stereocenters. The first-order valence-electron chi connectivity index (χ1n) is 8.61. The smallest absolute Gasteiger partial charge is 0.374 e. The number of carbonyl (C=O) groups is 2. The SMILES string of the molecule is CNC(=O)NCC1CN(CC(=O)NCc2ccc(F)cc2C(F)(F)F)CCO1. The van der Waals surface area contributed by atoms with Gasteiger partial charge in [-0.3, -0.25) is 9.69 Å². The number of alkyl halides is 3. The van der Waals surface area contributed by atoms with Crippen molar-refractivity contribution in [3.8, 4) is 0 Å². The van der Waals surface area contributed by atoms with Gasteiger partial charge < -0.3 is 20.7 Å². The first-order chi connectivity index (χ1) is 13.2. The summed E-state index contributed by atoms with van der Waals surface area (Å²) in [5, 5.41) is 7.45. The van der Waals surface area contributed by atoms with E-state index in [0.29, 0.717) is 25.8 Å². The van der Waals surface area contributed by atoms with Crippen LogP contribution in [0.5, 0.6) is 0 Å². The summed E-state index contributed by atoms with van der Waals surface area (Å²) in [6, 6.07) is 1.99. The Bertz CT molecular complexity index is 699. The Labute approximate surface area is 159 Å². The lowest BCUT2D eigenvalue weighted by atomic mass is 10.1. The number of halogens is 4. The van der Waals surface area contributed by atoms with E-state index in [4.69, 9.17) is 4.74 Å². The van der Waals surface area contributed by atoms with Gasteiger partial charge in [0.2, 0.25) is 5.91 Å². The van der Waals surface area contributed by atoms with Gasteiger partial charge in [-0.2, -0.15) is 13.2 Å². The molecule has 0 aromatic heterocycles. The highest BCUT2D eigenvalue weighted by molar-refractivity contribution is 5.78. The second-order valence-electron chi connectivity index (χ2n) is 6.26. The van der Waals surface area contributed by atoms with Crippen molar-refractivity contribution in [1.82, 2.24) is 20.9 Å². The molecule has 0 bridgehead atoms. The van der Waals surface area contributed by atoms with Crippen LogP contribution in [-0.2, 0) is 22.3 Å². The molecule has 1 aliphatic heterocycles. The van der Waals surface area contributed by atoms with Crippen molar-refractivity contribution >= 4 is 11.9 Å². The Balaban J connectivity index is 1.85. The Morgan fingerprint density at radius 3 is 2.71 bits per heavy atom. The first-order valence-corrected chi connectivity index (χ1v) is 8.61. The van der Waals surface area contributed by atoms with Crippen LogP contribution in [0.15, 0.2) is 18.2 Å². The second-order valence-corrected chi connectivity index (χ2v) is 6.26. The number of nitrogens with zero attached hydrogens (tertiary/aromatic N) is 1. The van der Waals surface area contributed by atoms with Crippen LogP contribution >= 0.6 is 0 Å². The van der Waals surface area contributed by atoms with Gasteiger partial charge in [-0.25, -0.2) is 9.18 Å². The van der Waals surface area contributed by atoms with E-state index >= 15 is 0 Å². The van der Waals surface area contributed by atoms with Crippen LogP contribution in [0.1, 0.15) is 11.1 Å². The maximum Gasteiger partial charge on any atom is 0.416 e. The van der Waals surface area contributed by atoms with Crippen LogP contribution < -0.4 is 16.0 Å². The number of nitrogens with one attached hydrogen (secondary N) is 3. The van der Waals surface area contributed by atoms with E-state index in [-0.39, 0.29) is 37.3 Å². The summed E-state index contributed by atoms with van der Waals surface area (Å²) in [6.07, 6.45) is -5.01. The van der Waals surface area contributed by atoms with E-state index in [9.17, 15) is 27.2 Å². The van der Waals surface area contributed by atoms with Crippen LogP contribution in [0.4, 0.5) is 22.4 Å². The molecule has 1 fully saturated rings. The lowest BCUT2D eigenvalue weighted by Gasteiger charge is -2.32. The van der Waals surface area contributed by atoms with Crippen molar-refractivity contribution in [2.75, 3.05) is 39.8 Å². The predicted octanol–water partition coefficient (Wildman–Crippen LogP) is 1.09. The highest BCUT2D eigenvalue weighted by Gasteiger charge is 2.33. The molecule has 11 heteroatoms. The molecule has 1 heterocycles. The monoisotopic (exact) mass is 406 g/mol. The maximum atomic E-state index is 13.1. The van der Waals surface area contributed by atoms with Gasteiger partial charge in [-0.1, -0.05) is 6.07 Å². The maximum absolute atomic E-state index is 13.1. The number of benzene rings is 1. The predicted molar refractivity (Wildman–Crippen MR) is 91.9 cm³/mol. The Hall–Kier alpha value is -2.40. The lowest BCUT2D eigenvalue weighted by molar-refractivity contribution is -0.138. The van der Waals surface area contributed by atoms with Crippen LogP contribution in [0, 0.1) is 5.82 Å². The van der Waals surface area contributed by atoms with Gasteiger partial charge in [0.15, 0.2) is 0 Å². The third-order valence-electron chi connectivity index (χ3n) is 4.16. The highest BCUT2D eigenvalue weighted by atomic mass is 19.4. The summed E-state index contributed by atoms with van der Waals surface area (Å²) in [6.45, 7) is 1.12. The van der Waals surface area contributed by atoms with Gasteiger partial charge in [-0.15, -0.1) is 0 Å². The number of hydrogen-bond donors (Lipinski definition) is 3. The van der Waals surface area contributed by atoms with Crippen LogP contribution in [0.25, 0.3) is 0 Å². The number of amides is 3. The molecule has 1 atom stereocenters. The van der Waals surface area contributed by atoms with Gasteiger partial charge in [0.1, 0.15) is 5.82 Å². The second kappa shape index (κ2) is 9.69. The Morgan fingerprint density at radius 1 is 1.29 bits per heavy atom. The normalized spacial score (nSPS) is 17.8. The standard InChI is InChI=1S/C17H22F4N4O3/c1-22-16(27)24-8-13-9-25(4-5-28-13)10-15(26)23-7-11-2-3-12(18)6-14(11)17(19,20)21/h2-3,6,13H,4-5,7-10H2,1H3,(H,23,26)(H2,22,24,27). The number of rotatable bonds is 6. The summed E-state index contributed by atoms with van der Waals surface area (Å²) >= 11 is 0. The topological polar surface area (TPSA) is 82.7 Å². The molecule has 156 valence electrons. The van der Waals surface area contributed by atoms with E-state index in [1.165, 1.54) is 7.05 Å². The summed E-state index contributed by atoms with van der Waals surface area (Å²) in [5.74, 6) is -1.45. The number of morpholine rings is 1. The zero-order valence-corrected chi connectivity index (χ0v) is 15.2. The minimum atomic E-state index is -4.71. The third-order valence-corrected chi connectivity index (χ3v) is 4.16.